The molecule has 0 saturated heterocycles. The maximum absolute atomic E-state index is 11.2. The zero-order valence-electron chi connectivity index (χ0n) is 7.39. The molecule has 3 nitrogen and oxygen atoms in total. The number of anilines is 1. The second-order valence-corrected chi connectivity index (χ2v) is 3.50. The van der Waals surface area contributed by atoms with Crippen molar-refractivity contribution in [2.24, 2.45) is 5.73 Å². The first-order valence-corrected chi connectivity index (χ1v) is 4.84. The van der Waals surface area contributed by atoms with Crippen molar-refractivity contribution in [2.45, 2.75) is 6.42 Å². The highest BCUT2D eigenvalue weighted by Crippen LogP contribution is 2.29. The third-order valence-electron chi connectivity index (χ3n) is 1.60. The highest BCUT2D eigenvalue weighted by molar-refractivity contribution is 6.39. The Morgan fingerprint density at radius 1 is 1.36 bits per heavy atom. The Bertz CT molecular complexity index is 321. The highest BCUT2D eigenvalue weighted by Gasteiger charge is 2.08. The molecule has 0 aromatic heterocycles. The van der Waals surface area contributed by atoms with Crippen LogP contribution >= 0.6 is 23.2 Å². The number of rotatable bonds is 3. The summed E-state index contributed by atoms with van der Waals surface area (Å²) in [6, 6.07) is 5.03. The van der Waals surface area contributed by atoms with Crippen molar-refractivity contribution < 1.29 is 4.79 Å². The van der Waals surface area contributed by atoms with E-state index in [1.165, 1.54) is 0 Å². The Labute approximate surface area is 92.2 Å². The number of amides is 1. The lowest BCUT2D eigenvalue weighted by molar-refractivity contribution is -0.116. The van der Waals surface area contributed by atoms with Gasteiger partial charge in [-0.1, -0.05) is 29.3 Å². The molecular formula is C9H10Cl2N2O. The van der Waals surface area contributed by atoms with Crippen LogP contribution in [-0.4, -0.2) is 12.5 Å². The Kier molecular flexibility index (Phi) is 4.20. The summed E-state index contributed by atoms with van der Waals surface area (Å²) in [4.78, 5) is 11.2. The molecule has 3 N–H and O–H groups in total. The first-order valence-electron chi connectivity index (χ1n) is 4.09. The molecule has 1 rings (SSSR count). The summed E-state index contributed by atoms with van der Waals surface area (Å²) in [6.45, 7) is 0.300. The zero-order chi connectivity index (χ0) is 10.6. The van der Waals surface area contributed by atoms with E-state index in [1.807, 2.05) is 0 Å². The molecule has 0 aliphatic carbocycles. The van der Waals surface area contributed by atoms with E-state index in [1.54, 1.807) is 18.2 Å². The maximum Gasteiger partial charge on any atom is 0.225 e. The fourth-order valence-electron chi connectivity index (χ4n) is 0.950. The molecule has 1 amide bonds. The van der Waals surface area contributed by atoms with Crippen molar-refractivity contribution in [3.63, 3.8) is 0 Å². The number of para-hydroxylation sites is 1. The molecule has 0 fully saturated rings. The van der Waals surface area contributed by atoms with Crippen LogP contribution in [0.25, 0.3) is 0 Å². The zero-order valence-corrected chi connectivity index (χ0v) is 8.90. The maximum atomic E-state index is 11.2. The molecule has 0 aliphatic heterocycles. The highest BCUT2D eigenvalue weighted by atomic mass is 35.5. The number of benzene rings is 1. The molecule has 0 aliphatic rings. The Hall–Kier alpha value is -0.770. The number of nitrogens with one attached hydrogen (secondary N) is 1. The molecule has 0 bridgehead atoms. The second kappa shape index (κ2) is 5.20. The summed E-state index contributed by atoms with van der Waals surface area (Å²) >= 11 is 11.7. The first kappa shape index (κ1) is 11.3. The van der Waals surface area contributed by atoms with E-state index in [2.05, 4.69) is 5.32 Å². The van der Waals surface area contributed by atoms with Crippen molar-refractivity contribution in [2.75, 3.05) is 11.9 Å². The van der Waals surface area contributed by atoms with Gasteiger partial charge in [-0.3, -0.25) is 4.79 Å². The number of carbonyl (C=O) groups excluding carboxylic acids is 1. The van der Waals surface area contributed by atoms with E-state index in [-0.39, 0.29) is 12.3 Å². The molecule has 0 radical (unpaired) electrons. The lowest BCUT2D eigenvalue weighted by Crippen LogP contribution is -2.16. The van der Waals surface area contributed by atoms with Gasteiger partial charge < -0.3 is 11.1 Å². The number of nitrogens with two attached hydrogens (primary N) is 1. The molecule has 14 heavy (non-hydrogen) atoms. The van der Waals surface area contributed by atoms with Gasteiger partial charge in [0.15, 0.2) is 0 Å². The van der Waals surface area contributed by atoms with Crippen molar-refractivity contribution in [3.05, 3.63) is 28.2 Å². The van der Waals surface area contributed by atoms with Gasteiger partial charge in [-0.15, -0.1) is 0 Å². The molecule has 76 valence electrons. The van der Waals surface area contributed by atoms with Crippen molar-refractivity contribution >= 4 is 34.8 Å². The summed E-state index contributed by atoms with van der Waals surface area (Å²) in [7, 11) is 0. The quantitative estimate of drug-likeness (QED) is 0.841. The largest absolute Gasteiger partial charge is 0.330 e. The summed E-state index contributed by atoms with van der Waals surface area (Å²) in [6.07, 6.45) is 0.252. The molecule has 5 heteroatoms. The SMILES string of the molecule is NCCC(=O)Nc1c(Cl)cccc1Cl. The number of halogens is 2. The van der Waals surface area contributed by atoms with E-state index in [0.717, 1.165) is 0 Å². The third-order valence-corrected chi connectivity index (χ3v) is 2.23. The first-order chi connectivity index (χ1) is 6.65. The van der Waals surface area contributed by atoms with E-state index in [9.17, 15) is 4.79 Å². The van der Waals surface area contributed by atoms with Gasteiger partial charge in [0, 0.05) is 13.0 Å². The van der Waals surface area contributed by atoms with Gasteiger partial charge in [-0.25, -0.2) is 0 Å². The number of hydrogen-bond donors (Lipinski definition) is 2. The smallest absolute Gasteiger partial charge is 0.225 e. The van der Waals surface area contributed by atoms with Gasteiger partial charge in [0.05, 0.1) is 15.7 Å². The van der Waals surface area contributed by atoms with Crippen LogP contribution in [0.15, 0.2) is 18.2 Å². The van der Waals surface area contributed by atoms with Crippen LogP contribution in [0.3, 0.4) is 0 Å². The Balaban J connectivity index is 2.80. The molecule has 0 atom stereocenters. The van der Waals surface area contributed by atoms with Crippen LogP contribution in [0.2, 0.25) is 10.0 Å². The molecule has 0 unspecified atom stereocenters. The predicted molar refractivity (Wildman–Crippen MR) is 58.8 cm³/mol. The lowest BCUT2D eigenvalue weighted by Gasteiger charge is -2.07. The molecule has 0 saturated carbocycles. The molecule has 0 spiro atoms. The van der Waals surface area contributed by atoms with E-state index in [4.69, 9.17) is 28.9 Å². The Morgan fingerprint density at radius 3 is 2.43 bits per heavy atom. The van der Waals surface area contributed by atoms with Crippen LogP contribution in [0.4, 0.5) is 5.69 Å². The van der Waals surface area contributed by atoms with Crippen LogP contribution in [0, 0.1) is 0 Å². The minimum Gasteiger partial charge on any atom is -0.330 e. The van der Waals surface area contributed by atoms with Gasteiger partial charge in [-0.05, 0) is 12.1 Å². The Morgan fingerprint density at radius 2 is 1.93 bits per heavy atom. The third kappa shape index (κ3) is 2.87. The molecule has 0 heterocycles. The standard InChI is InChI=1S/C9H10Cl2N2O/c10-6-2-1-3-7(11)9(6)13-8(14)4-5-12/h1-3H,4-5,12H2,(H,13,14). The van der Waals surface area contributed by atoms with Gasteiger partial charge in [-0.2, -0.15) is 0 Å². The topological polar surface area (TPSA) is 55.1 Å². The minimum absolute atomic E-state index is 0.192. The van der Waals surface area contributed by atoms with E-state index in [0.29, 0.717) is 22.3 Å². The normalized spacial score (nSPS) is 9.93. The lowest BCUT2D eigenvalue weighted by atomic mass is 10.3. The van der Waals surface area contributed by atoms with Crippen molar-refractivity contribution in [3.8, 4) is 0 Å². The molecule has 1 aromatic carbocycles. The van der Waals surface area contributed by atoms with Gasteiger partial charge in [0.1, 0.15) is 0 Å². The van der Waals surface area contributed by atoms with Crippen LogP contribution in [0.5, 0.6) is 0 Å². The predicted octanol–water partition coefficient (Wildman–Crippen LogP) is 2.28. The van der Waals surface area contributed by atoms with E-state index >= 15 is 0 Å². The van der Waals surface area contributed by atoms with Gasteiger partial charge in [0.2, 0.25) is 5.91 Å². The fourth-order valence-corrected chi connectivity index (χ4v) is 1.44. The average Bonchev–Trinajstić information content (AvgIpc) is 2.12. The summed E-state index contributed by atoms with van der Waals surface area (Å²) in [5.74, 6) is -0.192. The van der Waals surface area contributed by atoms with Crippen molar-refractivity contribution in [1.82, 2.24) is 0 Å². The van der Waals surface area contributed by atoms with Crippen LogP contribution in [-0.2, 0) is 4.79 Å². The number of carbonyl (C=O) groups is 1. The monoisotopic (exact) mass is 232 g/mol. The van der Waals surface area contributed by atoms with Gasteiger partial charge >= 0.3 is 0 Å². The summed E-state index contributed by atoms with van der Waals surface area (Å²) in [5, 5.41) is 3.44. The fraction of sp³-hybridized carbons (Fsp3) is 0.222. The molecule has 1 aromatic rings. The molecular weight excluding hydrogens is 223 g/mol. The summed E-state index contributed by atoms with van der Waals surface area (Å²) in [5.41, 5.74) is 5.67. The van der Waals surface area contributed by atoms with Crippen LogP contribution in [0.1, 0.15) is 6.42 Å². The summed E-state index contributed by atoms with van der Waals surface area (Å²) < 4.78 is 0. The number of hydrogen-bond acceptors (Lipinski definition) is 2. The average molecular weight is 233 g/mol. The second-order valence-electron chi connectivity index (χ2n) is 2.68. The van der Waals surface area contributed by atoms with Crippen LogP contribution < -0.4 is 11.1 Å². The van der Waals surface area contributed by atoms with Gasteiger partial charge in [0.25, 0.3) is 0 Å². The van der Waals surface area contributed by atoms with Crippen molar-refractivity contribution in [1.29, 1.82) is 0 Å². The minimum atomic E-state index is -0.192. The van der Waals surface area contributed by atoms with E-state index < -0.39 is 0 Å².